The van der Waals surface area contributed by atoms with Crippen molar-refractivity contribution in [3.63, 3.8) is 0 Å². The third-order valence-electron chi connectivity index (χ3n) is 17.1. The molecule has 0 atom stereocenters. The van der Waals surface area contributed by atoms with Crippen molar-refractivity contribution in [2.45, 2.75) is 138 Å². The van der Waals surface area contributed by atoms with Crippen molar-refractivity contribution >= 4 is 141 Å². The van der Waals surface area contributed by atoms with Crippen LogP contribution in [0.1, 0.15) is 107 Å². The van der Waals surface area contributed by atoms with Crippen LogP contribution in [-0.2, 0) is 31.9 Å². The van der Waals surface area contributed by atoms with Gasteiger partial charge >= 0.3 is 0 Å². The van der Waals surface area contributed by atoms with Crippen molar-refractivity contribution in [1.29, 1.82) is 0 Å². The first-order chi connectivity index (χ1) is 47.2. The largest absolute Gasteiger partial charge is 0.382 e. The quantitative estimate of drug-likeness (QED) is 0.0265. The molecule has 0 radical (unpaired) electrons. The average molecular weight is 1340 g/mol. The predicted octanol–water partition coefficient (Wildman–Crippen LogP) is 17.1. The van der Waals surface area contributed by atoms with Crippen LogP contribution in [0.5, 0.6) is 0 Å². The lowest BCUT2D eigenvalue weighted by Gasteiger charge is -2.21. The summed E-state index contributed by atoms with van der Waals surface area (Å²) in [5, 5.41) is 5.43. The smallest absolute Gasteiger partial charge is 0.206 e. The molecule has 0 aliphatic carbocycles. The van der Waals surface area contributed by atoms with E-state index in [4.69, 9.17) is 42.9 Å². The molecule has 13 rings (SSSR count). The van der Waals surface area contributed by atoms with Crippen LogP contribution < -0.4 is 37.6 Å². The highest BCUT2D eigenvalue weighted by Crippen LogP contribution is 2.38. The molecule has 0 saturated heterocycles. The van der Waals surface area contributed by atoms with E-state index in [0.29, 0.717) is 46.9 Å². The number of para-hydroxylation sites is 4. The van der Waals surface area contributed by atoms with E-state index in [1.807, 2.05) is 85.9 Å². The molecule has 8 N–H and O–H groups in total. The second-order valence-corrected chi connectivity index (χ2v) is 28.3. The fourth-order valence-electron chi connectivity index (χ4n) is 12.7. The number of benzene rings is 5. The van der Waals surface area contributed by atoms with Crippen molar-refractivity contribution < 1.29 is 0 Å². The molecule has 0 spiro atoms. The summed E-state index contributed by atoms with van der Waals surface area (Å²) in [6, 6.07) is 43.1. The Balaban J connectivity index is 0.000000142. The van der Waals surface area contributed by atoms with Crippen LogP contribution in [-0.4, -0.2) is 98.9 Å². The minimum absolute atomic E-state index is 0.481. The van der Waals surface area contributed by atoms with Gasteiger partial charge in [-0.1, -0.05) is 209 Å². The predicted molar refractivity (Wildman–Crippen MR) is 418 cm³/mol. The van der Waals surface area contributed by atoms with E-state index in [2.05, 4.69) is 197 Å². The Morgan fingerprint density at radius 2 is 0.714 bits per heavy atom. The molecule has 0 aliphatic heterocycles. The zero-order chi connectivity index (χ0) is 69.9. The molecule has 13 aromatic rings. The highest BCUT2D eigenvalue weighted by Gasteiger charge is 2.25. The van der Waals surface area contributed by atoms with E-state index in [0.717, 1.165) is 169 Å². The van der Waals surface area contributed by atoms with E-state index in [9.17, 15) is 0 Å². The van der Waals surface area contributed by atoms with Gasteiger partial charge in [0.25, 0.3) is 0 Å². The molecular formula is C78H101N19S. The Labute approximate surface area is 581 Å². The number of nitrogen functional groups attached to an aromatic ring is 4. The number of unbranched alkanes of at least 4 members (excludes halogenated alkanes) is 3. The Kier molecular flexibility index (Phi) is 23.3. The lowest BCUT2D eigenvalue weighted by atomic mass is 10.1. The number of thioether (sulfide) groups is 1. The molecule has 0 unspecified atom stereocenters. The molecule has 8 heterocycles. The number of hydrogen-bond acceptors (Lipinski definition) is 16. The van der Waals surface area contributed by atoms with Crippen molar-refractivity contribution in [2.75, 3.05) is 78.4 Å². The van der Waals surface area contributed by atoms with Crippen molar-refractivity contribution in [1.82, 2.24) is 58.1 Å². The molecule has 0 saturated carbocycles. The van der Waals surface area contributed by atoms with E-state index in [-0.39, 0.29) is 0 Å². The first kappa shape index (κ1) is 71.1. The van der Waals surface area contributed by atoms with Crippen LogP contribution in [0.2, 0.25) is 0 Å². The first-order valence-electron chi connectivity index (χ1n) is 34.8. The standard InChI is InChI=1S/C21H22N4S.C20H29N5.C19H27N5.C18H23N5/c1-14(2)12-25-19-16-10-6-7-11-17(16)23-20(22)18(19)24-21(25)26-13-15-8-4-3-5-9-15;1-5-6-9-12-24(4)20-23-17-18(25(20)13-14(2)3)15-10-7-8-11-16(15)22-19(17)21;1-5-6-11-23(4)19-22-16-17(24(19)12-13(2)3)14-9-7-8-10-15(14)21-18(16)20;1-5-10-22(4)18-21-15-16(23(18)11-12(2)3)13-8-6-7-9-14(13)20-17(15)19/h3-11,14H,12-13H2,1-2H3,(H2,22,23);7-8,10-11,14H,5-6,9,12-13H2,1-4H3,(H2,21,22);7-10,13H,5-6,11-12H2,1-4H3,(H2,20,21);5-9,12H,1,10-11H2,2-4H3,(H2,19,20). The molecule has 98 heavy (non-hydrogen) atoms. The minimum atomic E-state index is 0.481. The second kappa shape index (κ2) is 32.1. The molecule has 0 fully saturated rings. The molecule has 514 valence electrons. The van der Waals surface area contributed by atoms with Crippen LogP contribution in [0.3, 0.4) is 0 Å². The fraction of sp³-hybridized carbons (Fsp3) is 0.385. The van der Waals surface area contributed by atoms with Gasteiger partial charge < -0.3 is 55.9 Å². The zero-order valence-corrected chi connectivity index (χ0v) is 60.7. The summed E-state index contributed by atoms with van der Waals surface area (Å²) in [5.74, 6) is 7.82. The van der Waals surface area contributed by atoms with Crippen molar-refractivity contribution in [3.8, 4) is 0 Å². The summed E-state index contributed by atoms with van der Waals surface area (Å²) in [5.41, 5.74) is 37.4. The minimum Gasteiger partial charge on any atom is -0.382 e. The maximum absolute atomic E-state index is 6.25. The maximum Gasteiger partial charge on any atom is 0.206 e. The highest BCUT2D eigenvalue weighted by atomic mass is 32.2. The van der Waals surface area contributed by atoms with Gasteiger partial charge in [0.15, 0.2) is 28.4 Å². The Bertz CT molecular complexity index is 4850. The van der Waals surface area contributed by atoms with Crippen LogP contribution >= 0.6 is 11.8 Å². The summed E-state index contributed by atoms with van der Waals surface area (Å²) in [6.45, 7) is 32.4. The molecule has 5 aromatic carbocycles. The van der Waals surface area contributed by atoms with Gasteiger partial charge in [-0.3, -0.25) is 0 Å². The number of hydrogen-bond donors (Lipinski definition) is 4. The number of nitrogens with two attached hydrogens (primary N) is 4. The van der Waals surface area contributed by atoms with Crippen LogP contribution in [0.15, 0.2) is 145 Å². The number of rotatable bonds is 23. The van der Waals surface area contributed by atoms with Gasteiger partial charge in [-0.05, 0) is 66.3 Å². The SMILES string of the molecule is C=CCN(C)c1nc2c(N)nc3ccccc3c2n1CC(C)C.CC(C)Cn1c(SCc2ccccc2)nc2c(N)nc3ccccc3c21.CCCCCN(C)c1nc2c(N)nc3ccccc3c2n1CC(C)C.CCCCN(C)c1nc2c(N)nc3ccccc3c2n1CC(C)C. The summed E-state index contributed by atoms with van der Waals surface area (Å²) in [7, 11) is 6.25. The number of pyridine rings is 4. The van der Waals surface area contributed by atoms with Gasteiger partial charge in [0.2, 0.25) is 17.8 Å². The normalized spacial score (nSPS) is 11.6. The van der Waals surface area contributed by atoms with Crippen LogP contribution in [0, 0.1) is 23.7 Å². The topological polar surface area (TPSA) is 237 Å². The molecule has 0 aliphatic rings. The van der Waals surface area contributed by atoms with Gasteiger partial charge in [0, 0.05) is 94.3 Å². The van der Waals surface area contributed by atoms with Crippen molar-refractivity contribution in [3.05, 3.63) is 146 Å². The lowest BCUT2D eigenvalue weighted by Crippen LogP contribution is -2.23. The Hall–Kier alpha value is -9.69. The molecule has 20 heteroatoms. The average Bonchev–Trinajstić information content (AvgIpc) is 1.60. The van der Waals surface area contributed by atoms with Gasteiger partial charge in [0.1, 0.15) is 22.1 Å². The number of fused-ring (bicyclic) bond motifs is 12. The molecule has 19 nitrogen and oxygen atoms in total. The summed E-state index contributed by atoms with van der Waals surface area (Å²) < 4.78 is 9.21. The Morgan fingerprint density at radius 1 is 0.398 bits per heavy atom. The summed E-state index contributed by atoms with van der Waals surface area (Å²) in [4.78, 5) is 44.2. The zero-order valence-electron chi connectivity index (χ0n) is 59.8. The summed E-state index contributed by atoms with van der Waals surface area (Å²) in [6.07, 6.45) is 7.82. The number of likely N-dealkylation sites (N-methyl/N-ethyl adjacent to an activating group) is 1. The van der Waals surface area contributed by atoms with Gasteiger partial charge in [0.05, 0.1) is 44.1 Å². The number of anilines is 7. The maximum atomic E-state index is 6.25. The van der Waals surface area contributed by atoms with Gasteiger partial charge in [-0.25, -0.2) is 39.9 Å². The molecular weight excluding hydrogens is 1240 g/mol. The highest BCUT2D eigenvalue weighted by molar-refractivity contribution is 7.98. The third kappa shape index (κ3) is 15.8. The second-order valence-electron chi connectivity index (χ2n) is 27.3. The number of aromatic nitrogens is 12. The van der Waals surface area contributed by atoms with Crippen LogP contribution in [0.4, 0.5) is 41.1 Å². The van der Waals surface area contributed by atoms with Gasteiger partial charge in [-0.2, -0.15) is 0 Å². The van der Waals surface area contributed by atoms with E-state index in [1.165, 1.54) is 31.2 Å². The van der Waals surface area contributed by atoms with E-state index >= 15 is 0 Å². The van der Waals surface area contributed by atoms with Gasteiger partial charge in [-0.15, -0.1) is 6.58 Å². The van der Waals surface area contributed by atoms with Crippen LogP contribution in [0.25, 0.3) is 87.7 Å². The lowest BCUT2D eigenvalue weighted by molar-refractivity contribution is 0.505. The summed E-state index contributed by atoms with van der Waals surface area (Å²) >= 11 is 1.75. The Morgan fingerprint density at radius 3 is 1.07 bits per heavy atom. The molecule has 0 bridgehead atoms. The molecule has 0 amide bonds. The van der Waals surface area contributed by atoms with E-state index < -0.39 is 0 Å². The van der Waals surface area contributed by atoms with E-state index in [1.54, 1.807) is 11.8 Å². The van der Waals surface area contributed by atoms with Crippen molar-refractivity contribution in [2.24, 2.45) is 23.7 Å². The monoisotopic (exact) mass is 1340 g/mol. The first-order valence-corrected chi connectivity index (χ1v) is 35.8. The molecule has 8 aromatic heterocycles. The number of nitrogens with zero attached hydrogens (tertiary/aromatic N) is 15. The third-order valence-corrected chi connectivity index (χ3v) is 18.2. The number of imidazole rings is 4. The fourth-order valence-corrected chi connectivity index (χ4v) is 13.7.